The molecule has 13 heavy (non-hydrogen) atoms. The number of carbonyl (C=O) groups excluding carboxylic acids is 1. The molecule has 0 aliphatic rings. The Kier molecular flexibility index (Phi) is 5.98. The van der Waals surface area contributed by atoms with Crippen LogP contribution in [0.3, 0.4) is 0 Å². The summed E-state index contributed by atoms with van der Waals surface area (Å²) in [5.41, 5.74) is 0.517. The summed E-state index contributed by atoms with van der Waals surface area (Å²) in [5.74, 6) is -0.785. The van der Waals surface area contributed by atoms with Gasteiger partial charge in [-0.1, -0.05) is 5.16 Å². The molecule has 0 amide bonds. The van der Waals surface area contributed by atoms with Gasteiger partial charge in [-0.2, -0.15) is 0 Å². The van der Waals surface area contributed by atoms with Crippen LogP contribution in [0, 0.1) is 0 Å². The largest absolute Gasteiger partial charge is 1.00 e. The molecular formula is C7H8NNaO4. The number of carboxylic acids is 1. The molecule has 1 N–H and O–H groups in total. The number of carbonyl (C=O) groups is 1. The molecule has 0 spiro atoms. The van der Waals surface area contributed by atoms with Crippen LogP contribution in [0.15, 0.2) is 10.6 Å². The number of aromatic nitrogens is 1. The molecule has 1 aromatic heterocycles. The SMILES string of the molecule is O=C([O-])CCc1cc(CO)on1.[Na+]. The van der Waals surface area contributed by atoms with E-state index in [4.69, 9.17) is 5.11 Å². The number of rotatable bonds is 4. The van der Waals surface area contributed by atoms with Crippen LogP contribution in [0.2, 0.25) is 0 Å². The average molecular weight is 193 g/mol. The summed E-state index contributed by atoms with van der Waals surface area (Å²) in [7, 11) is 0. The van der Waals surface area contributed by atoms with Crippen molar-refractivity contribution in [2.24, 2.45) is 0 Å². The number of hydrogen-bond donors (Lipinski definition) is 1. The van der Waals surface area contributed by atoms with Gasteiger partial charge >= 0.3 is 29.6 Å². The topological polar surface area (TPSA) is 86.4 Å². The summed E-state index contributed by atoms with van der Waals surface area (Å²) in [6.07, 6.45) is 0.184. The van der Waals surface area contributed by atoms with Crippen LogP contribution in [0.1, 0.15) is 17.9 Å². The molecule has 0 saturated heterocycles. The van der Waals surface area contributed by atoms with Crippen molar-refractivity contribution in [1.82, 2.24) is 5.16 Å². The van der Waals surface area contributed by atoms with E-state index in [0.717, 1.165) is 0 Å². The molecule has 1 heterocycles. The number of aryl methyl sites for hydroxylation is 1. The summed E-state index contributed by atoms with van der Waals surface area (Å²) >= 11 is 0. The zero-order valence-electron chi connectivity index (χ0n) is 7.32. The fourth-order valence-electron chi connectivity index (χ4n) is 0.778. The average Bonchev–Trinajstić information content (AvgIpc) is 2.48. The minimum absolute atomic E-state index is 0. The van der Waals surface area contributed by atoms with Crippen molar-refractivity contribution in [1.29, 1.82) is 0 Å². The Balaban J connectivity index is 0.00000144. The van der Waals surface area contributed by atoms with Gasteiger partial charge in [0.2, 0.25) is 0 Å². The zero-order valence-corrected chi connectivity index (χ0v) is 9.32. The molecule has 6 heteroatoms. The van der Waals surface area contributed by atoms with Gasteiger partial charge < -0.3 is 19.5 Å². The van der Waals surface area contributed by atoms with Crippen LogP contribution >= 0.6 is 0 Å². The molecule has 5 nitrogen and oxygen atoms in total. The van der Waals surface area contributed by atoms with Gasteiger partial charge in [-0.15, -0.1) is 0 Å². The Hall–Kier alpha value is -0.360. The Bertz CT molecular complexity index is 273. The van der Waals surface area contributed by atoms with Gasteiger partial charge in [0.05, 0.1) is 5.69 Å². The van der Waals surface area contributed by atoms with E-state index >= 15 is 0 Å². The molecule has 0 bridgehead atoms. The first-order valence-electron chi connectivity index (χ1n) is 3.47. The number of nitrogens with zero attached hydrogens (tertiary/aromatic N) is 1. The van der Waals surface area contributed by atoms with E-state index in [-0.39, 0.29) is 49.0 Å². The van der Waals surface area contributed by atoms with Gasteiger partial charge in [-0.3, -0.25) is 0 Å². The Morgan fingerprint density at radius 3 is 2.85 bits per heavy atom. The fraction of sp³-hybridized carbons (Fsp3) is 0.429. The van der Waals surface area contributed by atoms with Gasteiger partial charge in [0, 0.05) is 12.0 Å². The van der Waals surface area contributed by atoms with E-state index in [1.165, 1.54) is 6.07 Å². The minimum Gasteiger partial charge on any atom is -0.550 e. The number of aliphatic carboxylic acids is 1. The summed E-state index contributed by atoms with van der Waals surface area (Å²) in [5, 5.41) is 22.1. The maximum Gasteiger partial charge on any atom is 1.00 e. The standard InChI is InChI=1S/C7H9NO4.Na/c9-4-6-3-5(8-12-6)1-2-7(10)11;/h3,9H,1-2,4H2,(H,10,11);/q;+1/p-1. The van der Waals surface area contributed by atoms with E-state index in [9.17, 15) is 9.90 Å². The molecule has 0 aliphatic heterocycles. The zero-order chi connectivity index (χ0) is 8.97. The summed E-state index contributed by atoms with van der Waals surface area (Å²) < 4.78 is 4.63. The minimum atomic E-state index is -1.12. The second-order valence-electron chi connectivity index (χ2n) is 2.31. The molecule has 66 valence electrons. The van der Waals surface area contributed by atoms with E-state index in [1.807, 2.05) is 0 Å². The van der Waals surface area contributed by atoms with Crippen molar-refractivity contribution >= 4 is 5.97 Å². The van der Waals surface area contributed by atoms with Crippen LogP contribution in [-0.2, 0) is 17.8 Å². The van der Waals surface area contributed by atoms with Crippen LogP contribution in [0.25, 0.3) is 0 Å². The second kappa shape index (κ2) is 6.15. The first-order valence-corrected chi connectivity index (χ1v) is 3.47. The molecule has 0 aliphatic carbocycles. The monoisotopic (exact) mass is 193 g/mol. The number of carboxylic acid groups (broad SMARTS) is 1. The summed E-state index contributed by atoms with van der Waals surface area (Å²) in [6, 6.07) is 1.52. The molecular weight excluding hydrogens is 185 g/mol. The molecule has 0 saturated carbocycles. The van der Waals surface area contributed by atoms with Crippen molar-refractivity contribution in [3.05, 3.63) is 17.5 Å². The van der Waals surface area contributed by atoms with Crippen LogP contribution in [-0.4, -0.2) is 16.2 Å². The smallest absolute Gasteiger partial charge is 0.550 e. The Morgan fingerprint density at radius 2 is 2.38 bits per heavy atom. The van der Waals surface area contributed by atoms with Crippen LogP contribution < -0.4 is 34.7 Å². The number of aliphatic hydroxyl groups excluding tert-OH is 1. The van der Waals surface area contributed by atoms with Crippen LogP contribution in [0.5, 0.6) is 0 Å². The molecule has 0 atom stereocenters. The summed E-state index contributed by atoms with van der Waals surface area (Å²) in [4.78, 5) is 10.0. The predicted molar refractivity (Wildman–Crippen MR) is 35.8 cm³/mol. The number of aliphatic hydroxyl groups is 1. The Labute approximate surface area is 97.0 Å². The molecule has 1 rings (SSSR count). The van der Waals surface area contributed by atoms with Crippen molar-refractivity contribution in [2.45, 2.75) is 19.4 Å². The normalized spacial score (nSPS) is 9.31. The maximum absolute atomic E-state index is 10.0. The quantitative estimate of drug-likeness (QED) is 0.490. The van der Waals surface area contributed by atoms with Crippen molar-refractivity contribution in [3.8, 4) is 0 Å². The van der Waals surface area contributed by atoms with E-state index in [2.05, 4.69) is 9.68 Å². The van der Waals surface area contributed by atoms with Gasteiger partial charge in [0.25, 0.3) is 0 Å². The summed E-state index contributed by atoms with van der Waals surface area (Å²) in [6.45, 7) is -0.224. The maximum atomic E-state index is 10.0. The van der Waals surface area contributed by atoms with Crippen molar-refractivity contribution < 1.29 is 49.1 Å². The van der Waals surface area contributed by atoms with Gasteiger partial charge in [0.1, 0.15) is 6.61 Å². The molecule has 0 unspecified atom stereocenters. The first-order chi connectivity index (χ1) is 5.72. The number of hydrogen-bond acceptors (Lipinski definition) is 5. The molecule has 1 aromatic rings. The third-order valence-corrected chi connectivity index (χ3v) is 1.35. The van der Waals surface area contributed by atoms with Crippen molar-refractivity contribution in [2.75, 3.05) is 0 Å². The van der Waals surface area contributed by atoms with E-state index in [0.29, 0.717) is 11.5 Å². The predicted octanol–water partition coefficient (Wildman–Crippen LogP) is -4.15. The van der Waals surface area contributed by atoms with Crippen molar-refractivity contribution in [3.63, 3.8) is 0 Å². The fourth-order valence-corrected chi connectivity index (χ4v) is 0.778. The molecule has 0 fully saturated rings. The Morgan fingerprint density at radius 1 is 1.69 bits per heavy atom. The first kappa shape index (κ1) is 12.6. The van der Waals surface area contributed by atoms with Gasteiger partial charge in [-0.05, 0) is 12.8 Å². The second-order valence-corrected chi connectivity index (χ2v) is 2.31. The van der Waals surface area contributed by atoms with E-state index < -0.39 is 5.97 Å². The van der Waals surface area contributed by atoms with Crippen LogP contribution in [0.4, 0.5) is 0 Å². The third kappa shape index (κ3) is 4.42. The molecule has 0 radical (unpaired) electrons. The van der Waals surface area contributed by atoms with Gasteiger partial charge in [0.15, 0.2) is 5.76 Å². The van der Waals surface area contributed by atoms with E-state index in [1.54, 1.807) is 0 Å². The van der Waals surface area contributed by atoms with Gasteiger partial charge in [-0.25, -0.2) is 0 Å². The molecule has 0 aromatic carbocycles. The third-order valence-electron chi connectivity index (χ3n) is 1.35.